The molecule has 3 rings (SSSR count). The van der Waals surface area contributed by atoms with Crippen LogP contribution >= 0.6 is 0 Å². The second-order valence-corrected chi connectivity index (χ2v) is 7.03. The summed E-state index contributed by atoms with van der Waals surface area (Å²) in [7, 11) is 0. The van der Waals surface area contributed by atoms with Crippen molar-refractivity contribution in [3.05, 3.63) is 29.8 Å². The Morgan fingerprint density at radius 2 is 1.70 bits per heavy atom. The summed E-state index contributed by atoms with van der Waals surface area (Å²) in [5.41, 5.74) is 1.70. The lowest BCUT2D eigenvalue weighted by Gasteiger charge is -2.37. The molecule has 8 heteroatoms. The Bertz CT molecular complexity index is 753. The summed E-state index contributed by atoms with van der Waals surface area (Å²) < 4.78 is 0. The molecule has 2 aliphatic rings. The molecule has 2 unspecified atom stereocenters. The monoisotopic (exact) mass is 372 g/mol. The fourth-order valence-corrected chi connectivity index (χ4v) is 3.48. The van der Waals surface area contributed by atoms with Crippen molar-refractivity contribution in [3.63, 3.8) is 0 Å². The number of carbonyl (C=O) groups is 4. The maximum absolute atomic E-state index is 12.6. The number of piperazine rings is 1. The lowest BCUT2D eigenvalue weighted by Crippen LogP contribution is -2.58. The number of imide groups is 1. The Morgan fingerprint density at radius 1 is 1.07 bits per heavy atom. The molecule has 4 amide bonds. The molecule has 1 aromatic carbocycles. The topological polar surface area (TPSA) is 98.8 Å². The minimum absolute atomic E-state index is 0.0362. The van der Waals surface area contributed by atoms with Gasteiger partial charge in [-0.25, -0.2) is 4.79 Å². The predicted octanol–water partition coefficient (Wildman–Crippen LogP) is 0.772. The lowest BCUT2D eigenvalue weighted by molar-refractivity contribution is -0.137. The van der Waals surface area contributed by atoms with Gasteiger partial charge < -0.3 is 15.1 Å². The first kappa shape index (κ1) is 18.9. The summed E-state index contributed by atoms with van der Waals surface area (Å²) in [4.78, 5) is 51.1. The van der Waals surface area contributed by atoms with Gasteiger partial charge in [0.2, 0.25) is 11.8 Å². The van der Waals surface area contributed by atoms with E-state index in [9.17, 15) is 19.2 Å². The molecular weight excluding hydrogens is 348 g/mol. The minimum atomic E-state index is -0.549. The molecule has 0 saturated carbocycles. The van der Waals surface area contributed by atoms with Gasteiger partial charge >= 0.3 is 6.03 Å². The second kappa shape index (κ2) is 7.77. The molecule has 0 radical (unpaired) electrons. The van der Waals surface area contributed by atoms with Crippen LogP contribution in [-0.2, 0) is 9.59 Å². The van der Waals surface area contributed by atoms with Gasteiger partial charge in [-0.3, -0.25) is 19.7 Å². The Balaban J connectivity index is 1.54. The summed E-state index contributed by atoms with van der Waals surface area (Å²) >= 11 is 0. The number of ketones is 1. The van der Waals surface area contributed by atoms with E-state index in [0.717, 1.165) is 5.69 Å². The van der Waals surface area contributed by atoms with Crippen LogP contribution in [0.5, 0.6) is 0 Å². The molecule has 0 aliphatic carbocycles. The number of anilines is 1. The summed E-state index contributed by atoms with van der Waals surface area (Å²) in [6, 6.07) is 6.59. The number of hydrogen-bond acceptors (Lipinski definition) is 5. The van der Waals surface area contributed by atoms with Gasteiger partial charge in [0.15, 0.2) is 5.78 Å². The molecule has 144 valence electrons. The van der Waals surface area contributed by atoms with Crippen molar-refractivity contribution in [1.82, 2.24) is 15.5 Å². The highest BCUT2D eigenvalue weighted by Gasteiger charge is 2.35. The Labute approximate surface area is 157 Å². The average Bonchev–Trinajstić information content (AvgIpc) is 2.64. The molecule has 2 N–H and O–H groups in total. The normalized spacial score (nSPS) is 22.9. The first-order chi connectivity index (χ1) is 12.8. The van der Waals surface area contributed by atoms with Crippen molar-refractivity contribution >= 4 is 29.3 Å². The first-order valence-corrected chi connectivity index (χ1v) is 9.10. The minimum Gasteiger partial charge on any atom is -0.368 e. The van der Waals surface area contributed by atoms with E-state index >= 15 is 0 Å². The fraction of sp³-hybridized carbons (Fsp3) is 0.474. The average molecular weight is 372 g/mol. The number of carbonyl (C=O) groups excluding carboxylic acids is 4. The van der Waals surface area contributed by atoms with Crippen LogP contribution in [0, 0.1) is 5.92 Å². The van der Waals surface area contributed by atoms with E-state index in [4.69, 9.17) is 0 Å². The van der Waals surface area contributed by atoms with E-state index in [1.54, 1.807) is 11.8 Å². The Hall–Kier alpha value is -2.90. The highest BCUT2D eigenvalue weighted by atomic mass is 16.2. The fourth-order valence-electron chi connectivity index (χ4n) is 3.48. The van der Waals surface area contributed by atoms with Crippen LogP contribution in [0.3, 0.4) is 0 Å². The smallest absolute Gasteiger partial charge is 0.321 e. The zero-order valence-electron chi connectivity index (χ0n) is 15.5. The van der Waals surface area contributed by atoms with Gasteiger partial charge in [-0.05, 0) is 38.1 Å². The van der Waals surface area contributed by atoms with Crippen LogP contribution < -0.4 is 15.5 Å². The number of amides is 4. The molecule has 2 heterocycles. The van der Waals surface area contributed by atoms with Crippen LogP contribution in [0.25, 0.3) is 0 Å². The molecule has 8 nitrogen and oxygen atoms in total. The molecule has 2 aliphatic heterocycles. The molecule has 27 heavy (non-hydrogen) atoms. The zero-order valence-corrected chi connectivity index (χ0v) is 15.5. The van der Waals surface area contributed by atoms with Gasteiger partial charge in [-0.15, -0.1) is 0 Å². The van der Waals surface area contributed by atoms with Crippen LogP contribution in [-0.4, -0.2) is 60.7 Å². The zero-order chi connectivity index (χ0) is 19.6. The SMILES string of the molecule is CC(=O)c1ccc(N2CCN(C(=O)CC3C(=O)NC(=O)NC3C)CC2)cc1. The number of hydrogen-bond donors (Lipinski definition) is 2. The van der Waals surface area contributed by atoms with E-state index in [1.165, 1.54) is 6.92 Å². The summed E-state index contributed by atoms with van der Waals surface area (Å²) in [5, 5.41) is 4.85. The Morgan fingerprint density at radius 3 is 2.26 bits per heavy atom. The van der Waals surface area contributed by atoms with Crippen LogP contribution in [0.2, 0.25) is 0 Å². The molecular formula is C19H24N4O4. The molecule has 2 fully saturated rings. The van der Waals surface area contributed by atoms with Crippen molar-refractivity contribution in [1.29, 1.82) is 0 Å². The maximum Gasteiger partial charge on any atom is 0.321 e. The molecule has 2 saturated heterocycles. The number of Topliss-reactive ketones (excluding diaryl/α,β-unsaturated/α-hetero) is 1. The molecule has 1 aromatic rings. The van der Waals surface area contributed by atoms with Crippen LogP contribution in [0.1, 0.15) is 30.6 Å². The van der Waals surface area contributed by atoms with Gasteiger partial charge in [0.05, 0.1) is 5.92 Å². The van der Waals surface area contributed by atoms with Gasteiger partial charge in [0.1, 0.15) is 0 Å². The van der Waals surface area contributed by atoms with Gasteiger partial charge in [-0.2, -0.15) is 0 Å². The van der Waals surface area contributed by atoms with E-state index < -0.39 is 17.9 Å². The largest absolute Gasteiger partial charge is 0.368 e. The van der Waals surface area contributed by atoms with Gasteiger partial charge in [0, 0.05) is 49.9 Å². The maximum atomic E-state index is 12.6. The molecule has 0 bridgehead atoms. The molecule has 0 aromatic heterocycles. The summed E-state index contributed by atoms with van der Waals surface area (Å²) in [6.45, 7) is 5.79. The second-order valence-electron chi connectivity index (χ2n) is 7.03. The number of urea groups is 1. The van der Waals surface area contributed by atoms with E-state index in [1.807, 2.05) is 24.3 Å². The van der Waals surface area contributed by atoms with Crippen molar-refractivity contribution in [2.45, 2.75) is 26.3 Å². The predicted molar refractivity (Wildman–Crippen MR) is 99.5 cm³/mol. The van der Waals surface area contributed by atoms with E-state index in [2.05, 4.69) is 15.5 Å². The van der Waals surface area contributed by atoms with Crippen molar-refractivity contribution in [3.8, 4) is 0 Å². The third-order valence-electron chi connectivity index (χ3n) is 5.20. The molecule has 0 spiro atoms. The van der Waals surface area contributed by atoms with Crippen LogP contribution in [0.4, 0.5) is 10.5 Å². The van der Waals surface area contributed by atoms with E-state index in [-0.39, 0.29) is 24.2 Å². The van der Waals surface area contributed by atoms with Gasteiger partial charge in [0.25, 0.3) is 0 Å². The highest BCUT2D eigenvalue weighted by molar-refractivity contribution is 6.00. The number of nitrogens with one attached hydrogen (secondary N) is 2. The number of nitrogens with zero attached hydrogens (tertiary/aromatic N) is 2. The third-order valence-corrected chi connectivity index (χ3v) is 5.20. The highest BCUT2D eigenvalue weighted by Crippen LogP contribution is 2.20. The van der Waals surface area contributed by atoms with Crippen molar-refractivity contribution < 1.29 is 19.2 Å². The lowest BCUT2D eigenvalue weighted by atomic mass is 9.94. The number of rotatable bonds is 4. The van der Waals surface area contributed by atoms with Crippen LogP contribution in [0.15, 0.2) is 24.3 Å². The standard InChI is InChI=1S/C19H24N4O4/c1-12-16(18(26)21-19(27)20-12)11-17(25)23-9-7-22(8-10-23)15-5-3-14(4-6-15)13(2)24/h3-6,12,16H,7-11H2,1-2H3,(H2,20,21,26,27). The first-order valence-electron chi connectivity index (χ1n) is 9.10. The summed E-state index contributed by atoms with van der Waals surface area (Å²) in [5.74, 6) is -0.991. The third kappa shape index (κ3) is 4.27. The van der Waals surface area contributed by atoms with E-state index in [0.29, 0.717) is 31.7 Å². The van der Waals surface area contributed by atoms with Crippen molar-refractivity contribution in [2.24, 2.45) is 5.92 Å². The van der Waals surface area contributed by atoms with Gasteiger partial charge in [-0.1, -0.05) is 0 Å². The Kier molecular flexibility index (Phi) is 5.43. The quantitative estimate of drug-likeness (QED) is 0.761. The van der Waals surface area contributed by atoms with Crippen molar-refractivity contribution in [2.75, 3.05) is 31.1 Å². The molecule has 2 atom stereocenters. The summed E-state index contributed by atoms with van der Waals surface area (Å²) in [6.07, 6.45) is 0.0839. The number of benzene rings is 1.